The molecule has 1 aliphatic heterocycles. The van der Waals surface area contributed by atoms with Crippen molar-refractivity contribution < 1.29 is 15.0 Å². The normalized spacial score (nSPS) is 31.2. The van der Waals surface area contributed by atoms with Crippen molar-refractivity contribution in [2.24, 2.45) is 5.92 Å². The Morgan fingerprint density at radius 2 is 2.11 bits per heavy atom. The summed E-state index contributed by atoms with van der Waals surface area (Å²) < 4.78 is 0. The first-order valence-corrected chi connectivity index (χ1v) is 6.96. The Kier molecular flexibility index (Phi) is 4.59. The summed E-state index contributed by atoms with van der Waals surface area (Å²) >= 11 is 0. The van der Waals surface area contributed by atoms with Gasteiger partial charge in [-0.1, -0.05) is 6.92 Å². The third-order valence-electron chi connectivity index (χ3n) is 3.93. The number of carboxylic acids is 1. The van der Waals surface area contributed by atoms with Crippen molar-refractivity contribution in [2.75, 3.05) is 19.6 Å². The monoisotopic (exact) mass is 256 g/mol. The van der Waals surface area contributed by atoms with E-state index < -0.39 is 5.97 Å². The van der Waals surface area contributed by atoms with Gasteiger partial charge in [0.25, 0.3) is 0 Å². The van der Waals surface area contributed by atoms with Crippen LogP contribution in [0.25, 0.3) is 0 Å². The van der Waals surface area contributed by atoms with Gasteiger partial charge >= 0.3 is 5.97 Å². The molecule has 0 bridgehead atoms. The van der Waals surface area contributed by atoms with Crippen molar-refractivity contribution >= 4 is 5.97 Å². The van der Waals surface area contributed by atoms with Crippen LogP contribution in [0.3, 0.4) is 0 Å². The molecule has 5 nitrogen and oxygen atoms in total. The van der Waals surface area contributed by atoms with Crippen LogP contribution >= 0.6 is 0 Å². The average molecular weight is 256 g/mol. The third kappa shape index (κ3) is 3.93. The number of aliphatic carboxylic acids is 1. The molecule has 0 amide bonds. The van der Waals surface area contributed by atoms with E-state index in [0.29, 0.717) is 18.6 Å². The second-order valence-corrected chi connectivity index (χ2v) is 5.70. The molecule has 5 heteroatoms. The van der Waals surface area contributed by atoms with Gasteiger partial charge in [0.05, 0.1) is 12.6 Å². The number of carboxylic acid groups (broad SMARTS) is 1. The second kappa shape index (κ2) is 5.99. The molecule has 1 saturated heterocycles. The smallest absolute Gasteiger partial charge is 0.317 e. The van der Waals surface area contributed by atoms with Crippen molar-refractivity contribution in [2.45, 2.75) is 50.8 Å². The first-order valence-electron chi connectivity index (χ1n) is 6.96. The summed E-state index contributed by atoms with van der Waals surface area (Å²) in [4.78, 5) is 12.8. The maximum Gasteiger partial charge on any atom is 0.317 e. The molecule has 2 aliphatic rings. The highest BCUT2D eigenvalue weighted by Gasteiger charge is 2.34. The number of hydrogen-bond acceptors (Lipinski definition) is 4. The van der Waals surface area contributed by atoms with Gasteiger partial charge in [0.2, 0.25) is 0 Å². The fraction of sp³-hybridized carbons (Fsp3) is 0.923. The van der Waals surface area contributed by atoms with Crippen LogP contribution in [0.1, 0.15) is 32.6 Å². The molecule has 1 heterocycles. The van der Waals surface area contributed by atoms with Crippen LogP contribution in [0.4, 0.5) is 0 Å². The van der Waals surface area contributed by atoms with Gasteiger partial charge in [-0.3, -0.25) is 9.69 Å². The Morgan fingerprint density at radius 1 is 1.39 bits per heavy atom. The van der Waals surface area contributed by atoms with E-state index in [2.05, 4.69) is 5.32 Å². The van der Waals surface area contributed by atoms with Gasteiger partial charge in [0.15, 0.2) is 0 Å². The molecule has 2 fully saturated rings. The van der Waals surface area contributed by atoms with E-state index >= 15 is 0 Å². The lowest BCUT2D eigenvalue weighted by Crippen LogP contribution is -2.53. The number of aliphatic hydroxyl groups is 1. The van der Waals surface area contributed by atoms with E-state index in [1.54, 1.807) is 0 Å². The highest BCUT2D eigenvalue weighted by molar-refractivity contribution is 5.69. The largest absolute Gasteiger partial charge is 0.480 e. The van der Waals surface area contributed by atoms with Crippen molar-refractivity contribution in [3.8, 4) is 0 Å². The molecule has 104 valence electrons. The molecule has 0 spiro atoms. The Labute approximate surface area is 108 Å². The number of carbonyl (C=O) groups is 1. The molecule has 3 N–H and O–H groups in total. The first-order chi connectivity index (χ1) is 8.58. The summed E-state index contributed by atoms with van der Waals surface area (Å²) in [6.07, 6.45) is 3.85. The van der Waals surface area contributed by atoms with Crippen LogP contribution in [0.5, 0.6) is 0 Å². The van der Waals surface area contributed by atoms with E-state index in [-0.39, 0.29) is 18.6 Å². The van der Waals surface area contributed by atoms with Gasteiger partial charge < -0.3 is 15.5 Å². The molecular formula is C13H24N2O3. The highest BCUT2D eigenvalue weighted by Crippen LogP contribution is 2.26. The molecule has 0 aromatic rings. The molecule has 0 radical (unpaired) electrons. The van der Waals surface area contributed by atoms with Gasteiger partial charge in [-0.05, 0) is 31.6 Å². The Morgan fingerprint density at radius 3 is 2.67 bits per heavy atom. The standard InChI is InChI=1S/C13H24N2O3/c1-2-12(16)9-5-11(14-10-3-4-10)7-15(6-9)8-13(17)18/h9-12,14,16H,2-8H2,1H3,(H,17,18). The molecule has 1 saturated carbocycles. The average Bonchev–Trinajstić information content (AvgIpc) is 3.10. The van der Waals surface area contributed by atoms with Gasteiger partial charge in [-0.25, -0.2) is 0 Å². The lowest BCUT2D eigenvalue weighted by molar-refractivity contribution is -0.139. The number of hydrogen-bond donors (Lipinski definition) is 3. The number of rotatable bonds is 6. The van der Waals surface area contributed by atoms with Gasteiger partial charge in [0, 0.05) is 25.2 Å². The zero-order chi connectivity index (χ0) is 13.1. The zero-order valence-electron chi connectivity index (χ0n) is 11.0. The Hall–Kier alpha value is -0.650. The molecule has 0 aromatic heterocycles. The first kappa shape index (κ1) is 13.8. The maximum atomic E-state index is 10.8. The van der Waals surface area contributed by atoms with Crippen molar-refractivity contribution in [3.05, 3.63) is 0 Å². The predicted molar refractivity (Wildman–Crippen MR) is 68.4 cm³/mol. The van der Waals surface area contributed by atoms with E-state index in [9.17, 15) is 9.90 Å². The fourth-order valence-electron chi connectivity index (χ4n) is 2.87. The van der Waals surface area contributed by atoms with Crippen LogP contribution in [0.2, 0.25) is 0 Å². The number of nitrogens with one attached hydrogen (secondary N) is 1. The number of aliphatic hydroxyl groups excluding tert-OH is 1. The molecular weight excluding hydrogens is 232 g/mol. The minimum Gasteiger partial charge on any atom is -0.480 e. The van der Waals surface area contributed by atoms with Gasteiger partial charge in [0.1, 0.15) is 0 Å². The lowest BCUT2D eigenvalue weighted by atomic mass is 9.88. The predicted octanol–water partition coefficient (Wildman–Crippen LogP) is 0.284. The molecule has 3 unspecified atom stereocenters. The minimum atomic E-state index is -0.785. The van der Waals surface area contributed by atoms with Crippen LogP contribution in [0, 0.1) is 5.92 Å². The van der Waals surface area contributed by atoms with Crippen LogP contribution in [0.15, 0.2) is 0 Å². The quantitative estimate of drug-likeness (QED) is 0.637. The maximum absolute atomic E-state index is 10.8. The van der Waals surface area contributed by atoms with Crippen molar-refractivity contribution in [3.63, 3.8) is 0 Å². The summed E-state index contributed by atoms with van der Waals surface area (Å²) in [5.41, 5.74) is 0. The minimum absolute atomic E-state index is 0.0791. The third-order valence-corrected chi connectivity index (χ3v) is 3.93. The van der Waals surface area contributed by atoms with E-state index in [1.165, 1.54) is 12.8 Å². The SMILES string of the molecule is CCC(O)C1CC(NC2CC2)CN(CC(=O)O)C1. The van der Waals surface area contributed by atoms with Gasteiger partial charge in [-0.15, -0.1) is 0 Å². The van der Waals surface area contributed by atoms with Crippen molar-refractivity contribution in [1.29, 1.82) is 0 Å². The fourth-order valence-corrected chi connectivity index (χ4v) is 2.87. The zero-order valence-corrected chi connectivity index (χ0v) is 11.0. The second-order valence-electron chi connectivity index (χ2n) is 5.70. The van der Waals surface area contributed by atoms with Crippen LogP contribution in [-0.2, 0) is 4.79 Å². The molecule has 2 rings (SSSR count). The van der Waals surface area contributed by atoms with Crippen molar-refractivity contribution in [1.82, 2.24) is 10.2 Å². The van der Waals surface area contributed by atoms with E-state index in [0.717, 1.165) is 19.4 Å². The highest BCUT2D eigenvalue weighted by atomic mass is 16.4. The van der Waals surface area contributed by atoms with Crippen LogP contribution in [-0.4, -0.2) is 58.9 Å². The van der Waals surface area contributed by atoms with E-state index in [1.807, 2.05) is 11.8 Å². The van der Waals surface area contributed by atoms with Crippen LogP contribution < -0.4 is 5.32 Å². The Balaban J connectivity index is 1.92. The number of piperidine rings is 1. The molecule has 0 aromatic carbocycles. The molecule has 3 atom stereocenters. The topological polar surface area (TPSA) is 72.8 Å². The van der Waals surface area contributed by atoms with Gasteiger partial charge in [-0.2, -0.15) is 0 Å². The summed E-state index contributed by atoms with van der Waals surface area (Å²) in [5, 5.41) is 22.5. The molecule has 1 aliphatic carbocycles. The van der Waals surface area contributed by atoms with E-state index in [4.69, 9.17) is 5.11 Å². The summed E-state index contributed by atoms with van der Waals surface area (Å²) in [5.74, 6) is -0.592. The Bertz CT molecular complexity index is 294. The number of likely N-dealkylation sites (tertiary alicyclic amines) is 1. The lowest BCUT2D eigenvalue weighted by Gasteiger charge is -2.39. The molecule has 18 heavy (non-hydrogen) atoms. The summed E-state index contributed by atoms with van der Waals surface area (Å²) in [7, 11) is 0. The summed E-state index contributed by atoms with van der Waals surface area (Å²) in [6.45, 7) is 3.54. The number of nitrogens with zero attached hydrogens (tertiary/aromatic N) is 1. The summed E-state index contributed by atoms with van der Waals surface area (Å²) in [6, 6.07) is 0.955.